The van der Waals surface area contributed by atoms with Crippen LogP contribution in [-0.2, 0) is 21.3 Å². The molecule has 0 unspecified atom stereocenters. The van der Waals surface area contributed by atoms with Gasteiger partial charge >= 0.3 is 5.97 Å². The Morgan fingerprint density at radius 1 is 1.53 bits per heavy atom. The van der Waals surface area contributed by atoms with Gasteiger partial charge in [0.25, 0.3) is 12.0 Å². The standard InChI is InChI=1S/C10H10BrF2NO3/c1-17-8(15)2-5-6(3-11)7(9(12)13)4-14-10(5)16/h4,9H,2-3H2,1H3,(H,14,16). The van der Waals surface area contributed by atoms with Crippen LogP contribution in [0.1, 0.15) is 23.1 Å². The molecule has 17 heavy (non-hydrogen) atoms. The van der Waals surface area contributed by atoms with Gasteiger partial charge in [-0.25, -0.2) is 8.78 Å². The van der Waals surface area contributed by atoms with Crippen molar-refractivity contribution in [3.63, 3.8) is 0 Å². The van der Waals surface area contributed by atoms with Crippen molar-refractivity contribution in [3.8, 4) is 0 Å². The number of nitrogens with one attached hydrogen (secondary N) is 1. The number of hydrogen-bond donors (Lipinski definition) is 1. The Balaban J connectivity index is 3.30. The first-order chi connectivity index (χ1) is 8.01. The van der Waals surface area contributed by atoms with Gasteiger partial charge in [-0.15, -0.1) is 0 Å². The van der Waals surface area contributed by atoms with Crippen LogP contribution in [0.2, 0.25) is 0 Å². The van der Waals surface area contributed by atoms with Gasteiger partial charge in [-0.3, -0.25) is 9.59 Å². The number of aromatic amines is 1. The van der Waals surface area contributed by atoms with Crippen molar-refractivity contribution in [2.45, 2.75) is 18.2 Å². The van der Waals surface area contributed by atoms with Crippen LogP contribution in [-0.4, -0.2) is 18.1 Å². The van der Waals surface area contributed by atoms with E-state index < -0.39 is 18.0 Å². The Morgan fingerprint density at radius 3 is 2.65 bits per heavy atom. The summed E-state index contributed by atoms with van der Waals surface area (Å²) in [5.74, 6) is -0.649. The highest BCUT2D eigenvalue weighted by Crippen LogP contribution is 2.25. The predicted octanol–water partition coefficient (Wildman–Crippen LogP) is 1.92. The third-order valence-corrected chi connectivity index (χ3v) is 2.82. The van der Waals surface area contributed by atoms with Crippen molar-refractivity contribution in [1.29, 1.82) is 0 Å². The highest BCUT2D eigenvalue weighted by molar-refractivity contribution is 9.08. The Bertz CT molecular complexity index is 473. The van der Waals surface area contributed by atoms with Crippen LogP contribution in [0.25, 0.3) is 0 Å². The van der Waals surface area contributed by atoms with Crippen molar-refractivity contribution >= 4 is 21.9 Å². The first-order valence-corrected chi connectivity index (χ1v) is 5.77. The van der Waals surface area contributed by atoms with Gasteiger partial charge in [-0.05, 0) is 5.56 Å². The molecule has 0 saturated carbocycles. The van der Waals surface area contributed by atoms with Crippen LogP contribution in [0.3, 0.4) is 0 Å². The number of carbonyl (C=O) groups excluding carboxylic acids is 1. The van der Waals surface area contributed by atoms with Crippen LogP contribution in [0.5, 0.6) is 0 Å². The maximum Gasteiger partial charge on any atom is 0.310 e. The number of rotatable bonds is 4. The monoisotopic (exact) mass is 309 g/mol. The van der Waals surface area contributed by atoms with Gasteiger partial charge in [0, 0.05) is 22.7 Å². The molecular weight excluding hydrogens is 300 g/mol. The van der Waals surface area contributed by atoms with Crippen LogP contribution >= 0.6 is 15.9 Å². The second kappa shape index (κ2) is 5.90. The number of aromatic nitrogens is 1. The summed E-state index contributed by atoms with van der Waals surface area (Å²) < 4.78 is 29.8. The van der Waals surface area contributed by atoms with E-state index in [1.807, 2.05) is 0 Å². The fourth-order valence-electron chi connectivity index (χ4n) is 1.38. The molecule has 7 heteroatoms. The maximum absolute atomic E-state index is 12.7. The minimum absolute atomic E-state index is 0.00604. The van der Waals surface area contributed by atoms with Gasteiger partial charge in [0.15, 0.2) is 0 Å². The molecule has 1 N–H and O–H groups in total. The molecule has 1 heterocycles. The fourth-order valence-corrected chi connectivity index (χ4v) is 2.05. The van der Waals surface area contributed by atoms with Crippen molar-refractivity contribution in [2.75, 3.05) is 7.11 Å². The van der Waals surface area contributed by atoms with Crippen molar-refractivity contribution in [1.82, 2.24) is 4.98 Å². The minimum atomic E-state index is -2.71. The molecule has 0 amide bonds. The molecule has 1 aromatic rings. The molecule has 0 spiro atoms. The first-order valence-electron chi connectivity index (χ1n) is 4.65. The molecule has 0 atom stereocenters. The lowest BCUT2D eigenvalue weighted by Crippen LogP contribution is -2.21. The van der Waals surface area contributed by atoms with Crippen molar-refractivity contribution in [2.24, 2.45) is 0 Å². The molecule has 0 fully saturated rings. The molecule has 0 saturated heterocycles. The smallest absolute Gasteiger partial charge is 0.310 e. The molecule has 0 bridgehead atoms. The topological polar surface area (TPSA) is 59.2 Å². The van der Waals surface area contributed by atoms with Gasteiger partial charge in [0.05, 0.1) is 13.5 Å². The zero-order chi connectivity index (χ0) is 13.0. The average Bonchev–Trinajstić information content (AvgIpc) is 2.30. The number of hydrogen-bond acceptors (Lipinski definition) is 3. The van der Waals surface area contributed by atoms with Crippen LogP contribution < -0.4 is 5.56 Å². The van der Waals surface area contributed by atoms with Crippen LogP contribution in [0.15, 0.2) is 11.0 Å². The van der Waals surface area contributed by atoms with Gasteiger partial charge in [-0.2, -0.15) is 0 Å². The predicted molar refractivity (Wildman–Crippen MR) is 60.4 cm³/mol. The van der Waals surface area contributed by atoms with E-state index in [4.69, 9.17) is 0 Å². The summed E-state index contributed by atoms with van der Waals surface area (Å²) >= 11 is 3.04. The molecule has 0 aliphatic rings. The summed E-state index contributed by atoms with van der Waals surface area (Å²) in [4.78, 5) is 24.8. The maximum atomic E-state index is 12.7. The summed E-state index contributed by atoms with van der Waals surface area (Å²) in [6.07, 6.45) is -2.08. The van der Waals surface area contributed by atoms with E-state index in [0.29, 0.717) is 0 Å². The molecule has 4 nitrogen and oxygen atoms in total. The molecule has 0 aliphatic heterocycles. The number of alkyl halides is 3. The Morgan fingerprint density at radius 2 is 2.18 bits per heavy atom. The quantitative estimate of drug-likeness (QED) is 0.683. The number of halogens is 3. The summed E-state index contributed by atoms with van der Waals surface area (Å²) in [5.41, 5.74) is -0.713. The summed E-state index contributed by atoms with van der Waals surface area (Å²) in [6.45, 7) is 0. The number of pyridine rings is 1. The Labute approximate surface area is 104 Å². The molecule has 94 valence electrons. The largest absolute Gasteiger partial charge is 0.469 e. The lowest BCUT2D eigenvalue weighted by Gasteiger charge is -2.10. The number of esters is 1. The second-order valence-electron chi connectivity index (χ2n) is 3.22. The molecule has 0 radical (unpaired) electrons. The third kappa shape index (κ3) is 3.12. The summed E-state index contributed by atoms with van der Waals surface area (Å²) in [6, 6.07) is 0. The minimum Gasteiger partial charge on any atom is -0.469 e. The van der Waals surface area contributed by atoms with E-state index >= 15 is 0 Å². The summed E-state index contributed by atoms with van der Waals surface area (Å²) in [7, 11) is 1.17. The lowest BCUT2D eigenvalue weighted by molar-refractivity contribution is -0.139. The number of carbonyl (C=O) groups is 1. The van der Waals surface area contributed by atoms with Crippen molar-refractivity contribution in [3.05, 3.63) is 33.2 Å². The molecule has 1 aromatic heterocycles. The summed E-state index contributed by atoms with van der Waals surface area (Å²) in [5, 5.41) is 0.0723. The van der Waals surface area contributed by atoms with E-state index in [1.165, 1.54) is 7.11 Å². The van der Waals surface area contributed by atoms with Gasteiger partial charge in [-0.1, -0.05) is 15.9 Å². The third-order valence-electron chi connectivity index (χ3n) is 2.26. The number of methoxy groups -OCH3 is 1. The number of ether oxygens (including phenoxy) is 1. The van der Waals surface area contributed by atoms with Crippen LogP contribution in [0, 0.1) is 0 Å². The highest BCUT2D eigenvalue weighted by Gasteiger charge is 2.20. The number of H-pyrrole nitrogens is 1. The van der Waals surface area contributed by atoms with Gasteiger partial charge < -0.3 is 9.72 Å². The molecule has 0 aliphatic carbocycles. The zero-order valence-corrected chi connectivity index (χ0v) is 10.5. The Kier molecular flexibility index (Phi) is 4.80. The van der Waals surface area contributed by atoms with Crippen LogP contribution in [0.4, 0.5) is 8.78 Å². The average molecular weight is 310 g/mol. The van der Waals surface area contributed by atoms with E-state index in [2.05, 4.69) is 25.7 Å². The van der Waals surface area contributed by atoms with E-state index in [-0.39, 0.29) is 28.4 Å². The molecule has 1 rings (SSSR count). The molecule has 0 aromatic carbocycles. The lowest BCUT2D eigenvalue weighted by atomic mass is 10.0. The van der Waals surface area contributed by atoms with E-state index in [9.17, 15) is 18.4 Å². The SMILES string of the molecule is COC(=O)Cc1c(CBr)c(C(F)F)c[nH]c1=O. The van der Waals surface area contributed by atoms with Crippen molar-refractivity contribution < 1.29 is 18.3 Å². The highest BCUT2D eigenvalue weighted by atomic mass is 79.9. The second-order valence-corrected chi connectivity index (χ2v) is 3.78. The van der Waals surface area contributed by atoms with Gasteiger partial charge in [0.1, 0.15) is 0 Å². The fraction of sp³-hybridized carbons (Fsp3) is 0.400. The Hall–Kier alpha value is -1.24. The first kappa shape index (κ1) is 13.8. The van der Waals surface area contributed by atoms with E-state index in [1.54, 1.807) is 0 Å². The molecular formula is C10H10BrF2NO3. The zero-order valence-electron chi connectivity index (χ0n) is 8.93. The normalized spacial score (nSPS) is 10.6. The van der Waals surface area contributed by atoms with Gasteiger partial charge in [0.2, 0.25) is 0 Å². The van der Waals surface area contributed by atoms with E-state index in [0.717, 1.165) is 6.20 Å².